The van der Waals surface area contributed by atoms with E-state index in [1.54, 1.807) is 13.2 Å². The fourth-order valence-electron chi connectivity index (χ4n) is 2.12. The van der Waals surface area contributed by atoms with Gasteiger partial charge in [-0.3, -0.25) is 0 Å². The number of hydrogen-bond donors (Lipinski definition) is 0. The van der Waals surface area contributed by atoms with E-state index in [1.165, 1.54) is 10.5 Å². The fourth-order valence-corrected chi connectivity index (χ4v) is 4.20. The summed E-state index contributed by atoms with van der Waals surface area (Å²) in [6, 6.07) is 19.1. The maximum atomic E-state index is 14.1. The molecule has 100 valence electrons. The average Bonchev–Trinajstić information content (AvgIpc) is 2.48. The Morgan fingerprint density at radius 2 is 1.60 bits per heavy atom. The second-order valence-electron chi connectivity index (χ2n) is 4.37. The number of methoxy groups -OCH3 is 1. The molecule has 1 nitrogen and oxygen atoms in total. The molecular formula is C17H13FOSe. The van der Waals surface area contributed by atoms with Crippen LogP contribution >= 0.6 is 0 Å². The number of benzene rings is 3. The van der Waals surface area contributed by atoms with Gasteiger partial charge in [0.15, 0.2) is 0 Å². The zero-order valence-corrected chi connectivity index (χ0v) is 12.7. The van der Waals surface area contributed by atoms with Crippen molar-refractivity contribution in [3.05, 3.63) is 66.5 Å². The quantitative estimate of drug-likeness (QED) is 0.671. The van der Waals surface area contributed by atoms with Gasteiger partial charge in [0.05, 0.1) is 0 Å². The van der Waals surface area contributed by atoms with Crippen molar-refractivity contribution in [2.24, 2.45) is 0 Å². The topological polar surface area (TPSA) is 9.23 Å². The minimum absolute atomic E-state index is 0.0774. The van der Waals surface area contributed by atoms with Gasteiger partial charge in [-0.1, -0.05) is 0 Å². The van der Waals surface area contributed by atoms with E-state index in [0.29, 0.717) is 0 Å². The summed E-state index contributed by atoms with van der Waals surface area (Å²) in [5.41, 5.74) is 0. The molecule has 3 aromatic carbocycles. The molecule has 0 heterocycles. The van der Waals surface area contributed by atoms with Crippen LogP contribution in [0.3, 0.4) is 0 Å². The molecule has 0 N–H and O–H groups in total. The Bertz CT molecular complexity index is 732. The first-order valence-electron chi connectivity index (χ1n) is 6.27. The van der Waals surface area contributed by atoms with E-state index < -0.39 is 0 Å². The van der Waals surface area contributed by atoms with E-state index >= 15 is 0 Å². The number of rotatable bonds is 3. The van der Waals surface area contributed by atoms with Crippen LogP contribution in [0.25, 0.3) is 10.8 Å². The van der Waals surface area contributed by atoms with Crippen LogP contribution < -0.4 is 13.7 Å². The number of fused-ring (bicyclic) bond motifs is 1. The zero-order valence-electron chi connectivity index (χ0n) is 11.0. The van der Waals surface area contributed by atoms with Crippen molar-refractivity contribution in [2.75, 3.05) is 7.11 Å². The van der Waals surface area contributed by atoms with Crippen LogP contribution in [0.5, 0.6) is 5.75 Å². The molecule has 0 radical (unpaired) electrons. The zero-order chi connectivity index (χ0) is 13.9. The third kappa shape index (κ3) is 2.55. The average molecular weight is 331 g/mol. The van der Waals surface area contributed by atoms with Crippen molar-refractivity contribution in [3.8, 4) is 5.75 Å². The predicted octanol–water partition coefficient (Wildman–Crippen LogP) is 2.64. The van der Waals surface area contributed by atoms with E-state index in [1.807, 2.05) is 48.5 Å². The molecule has 0 bridgehead atoms. The van der Waals surface area contributed by atoms with Crippen LogP contribution in [0.4, 0.5) is 4.39 Å². The minimum atomic E-state index is -0.145. The molecule has 3 aromatic rings. The van der Waals surface area contributed by atoms with Crippen LogP contribution in [0, 0.1) is 5.82 Å². The molecule has 3 rings (SSSR count). The number of hydrogen-bond acceptors (Lipinski definition) is 1. The van der Waals surface area contributed by atoms with Gasteiger partial charge in [0.1, 0.15) is 0 Å². The first-order chi connectivity index (χ1) is 9.78. The third-order valence-corrected chi connectivity index (χ3v) is 5.34. The van der Waals surface area contributed by atoms with Crippen LogP contribution in [0.1, 0.15) is 0 Å². The summed E-state index contributed by atoms with van der Waals surface area (Å²) in [6.07, 6.45) is 0. The molecule has 20 heavy (non-hydrogen) atoms. The van der Waals surface area contributed by atoms with Crippen LogP contribution in [-0.4, -0.2) is 22.1 Å². The van der Waals surface area contributed by atoms with Crippen LogP contribution in [0.2, 0.25) is 0 Å². The normalized spacial score (nSPS) is 10.7. The summed E-state index contributed by atoms with van der Waals surface area (Å²) in [7, 11) is 1.65. The van der Waals surface area contributed by atoms with E-state index in [9.17, 15) is 4.39 Å². The summed E-state index contributed by atoms with van der Waals surface area (Å²) in [6.45, 7) is 0. The van der Waals surface area contributed by atoms with E-state index in [0.717, 1.165) is 21.0 Å². The Kier molecular flexibility index (Phi) is 3.72. The molecule has 0 saturated carbocycles. The summed E-state index contributed by atoms with van der Waals surface area (Å²) >= 11 is 0.0774. The van der Waals surface area contributed by atoms with Crippen molar-refractivity contribution in [1.82, 2.24) is 0 Å². The van der Waals surface area contributed by atoms with Gasteiger partial charge in [0.25, 0.3) is 0 Å². The van der Waals surface area contributed by atoms with Gasteiger partial charge >= 0.3 is 123 Å². The molecule has 0 atom stereocenters. The van der Waals surface area contributed by atoms with Gasteiger partial charge in [-0.2, -0.15) is 0 Å². The molecule has 0 saturated heterocycles. The van der Waals surface area contributed by atoms with E-state index in [-0.39, 0.29) is 20.8 Å². The third-order valence-electron chi connectivity index (χ3n) is 3.10. The molecule has 0 fully saturated rings. The SMILES string of the molecule is COc1ccc([Se]c2cccc3cccc(F)c23)cc1. The second-order valence-corrected chi connectivity index (χ2v) is 6.71. The molecule has 0 unspecified atom stereocenters. The summed E-state index contributed by atoms with van der Waals surface area (Å²) in [5, 5.41) is 1.70. The van der Waals surface area contributed by atoms with Crippen LogP contribution in [0.15, 0.2) is 60.7 Å². The molecular weight excluding hydrogens is 318 g/mol. The molecule has 0 aliphatic heterocycles. The van der Waals surface area contributed by atoms with Gasteiger partial charge in [-0.25, -0.2) is 0 Å². The molecule has 0 spiro atoms. The van der Waals surface area contributed by atoms with Gasteiger partial charge < -0.3 is 0 Å². The van der Waals surface area contributed by atoms with Crippen molar-refractivity contribution >= 4 is 34.7 Å². The fraction of sp³-hybridized carbons (Fsp3) is 0.0588. The molecule has 0 aromatic heterocycles. The van der Waals surface area contributed by atoms with Crippen LogP contribution in [-0.2, 0) is 0 Å². The van der Waals surface area contributed by atoms with Crippen molar-refractivity contribution in [3.63, 3.8) is 0 Å². The molecule has 0 aliphatic rings. The van der Waals surface area contributed by atoms with E-state index in [2.05, 4.69) is 0 Å². The summed E-state index contributed by atoms with van der Waals surface area (Å²) in [5.74, 6) is 0.696. The Morgan fingerprint density at radius 1 is 0.900 bits per heavy atom. The first-order valence-corrected chi connectivity index (χ1v) is 7.98. The van der Waals surface area contributed by atoms with Crippen molar-refractivity contribution in [2.45, 2.75) is 0 Å². The predicted molar refractivity (Wildman–Crippen MR) is 81.9 cm³/mol. The Morgan fingerprint density at radius 3 is 2.30 bits per heavy atom. The van der Waals surface area contributed by atoms with Gasteiger partial charge in [-0.15, -0.1) is 0 Å². The maximum absolute atomic E-state index is 14.1. The Hall–Kier alpha value is -1.83. The van der Waals surface area contributed by atoms with Gasteiger partial charge in [0, 0.05) is 0 Å². The summed E-state index contributed by atoms with van der Waals surface area (Å²) in [4.78, 5) is 0. The molecule has 3 heteroatoms. The number of ether oxygens (including phenoxy) is 1. The van der Waals surface area contributed by atoms with Gasteiger partial charge in [-0.05, 0) is 0 Å². The molecule has 0 aliphatic carbocycles. The second kappa shape index (κ2) is 5.66. The van der Waals surface area contributed by atoms with Crippen molar-refractivity contribution < 1.29 is 9.13 Å². The van der Waals surface area contributed by atoms with E-state index in [4.69, 9.17) is 4.74 Å². The monoisotopic (exact) mass is 332 g/mol. The Balaban J connectivity index is 2.01. The number of halogens is 1. The first kappa shape index (κ1) is 13.2. The van der Waals surface area contributed by atoms with Crippen molar-refractivity contribution in [1.29, 1.82) is 0 Å². The standard InChI is InChI=1S/C17H13FOSe/c1-19-13-8-10-14(11-9-13)20-16-7-3-5-12-4-2-6-15(18)17(12)16/h2-11H,1H3. The van der Waals surface area contributed by atoms with Gasteiger partial charge in [0.2, 0.25) is 0 Å². The Labute approximate surface area is 123 Å². The molecule has 0 amide bonds. The summed E-state index contributed by atoms with van der Waals surface area (Å²) < 4.78 is 21.5.